The Morgan fingerprint density at radius 3 is 2.61 bits per heavy atom. The van der Waals surface area contributed by atoms with Crippen LogP contribution in [0.15, 0.2) is 12.1 Å². The molecule has 0 spiro atoms. The third-order valence-electron chi connectivity index (χ3n) is 2.02. The molecule has 18 heavy (non-hydrogen) atoms. The van der Waals surface area contributed by atoms with Crippen LogP contribution in [0.3, 0.4) is 0 Å². The van der Waals surface area contributed by atoms with E-state index in [1.807, 2.05) is 6.07 Å². The van der Waals surface area contributed by atoms with Crippen molar-refractivity contribution in [1.82, 2.24) is 0 Å². The summed E-state index contributed by atoms with van der Waals surface area (Å²) in [5.41, 5.74) is -0.0903. The van der Waals surface area contributed by atoms with Gasteiger partial charge in [-0.25, -0.2) is 0 Å². The van der Waals surface area contributed by atoms with Crippen LogP contribution in [0.1, 0.15) is 26.3 Å². The first-order valence-electron chi connectivity index (χ1n) is 5.51. The number of hydrogen-bond acceptors (Lipinski definition) is 5. The normalized spacial score (nSPS) is 9.94. The summed E-state index contributed by atoms with van der Waals surface area (Å²) in [4.78, 5) is 10.2. The number of nitro groups is 1. The highest BCUT2D eigenvalue weighted by Gasteiger charge is 2.19. The Morgan fingerprint density at radius 1 is 1.50 bits per heavy atom. The average molecular weight is 250 g/mol. The van der Waals surface area contributed by atoms with Crippen molar-refractivity contribution < 1.29 is 14.4 Å². The first kappa shape index (κ1) is 13.8. The van der Waals surface area contributed by atoms with Crippen molar-refractivity contribution in [2.75, 3.05) is 6.61 Å². The maximum Gasteiger partial charge on any atom is 0.274 e. The summed E-state index contributed by atoms with van der Waals surface area (Å²) in [5, 5.41) is 19.8. The molecule has 0 bridgehead atoms. The Morgan fingerprint density at radius 2 is 2.17 bits per heavy atom. The Balaban J connectivity index is 3.36. The summed E-state index contributed by atoms with van der Waals surface area (Å²) in [7, 11) is 0. The Kier molecular flexibility index (Phi) is 4.49. The molecular formula is C12H14N2O4. The number of benzene rings is 1. The zero-order chi connectivity index (χ0) is 13.7. The number of non-ortho nitro benzene ring substituents is 1. The number of ether oxygens (including phenoxy) is 2. The fourth-order valence-corrected chi connectivity index (χ4v) is 1.40. The monoisotopic (exact) mass is 250 g/mol. The minimum atomic E-state index is -0.567. The minimum absolute atomic E-state index is 0.0985. The zero-order valence-corrected chi connectivity index (χ0v) is 10.5. The first-order chi connectivity index (χ1) is 8.49. The fourth-order valence-electron chi connectivity index (χ4n) is 1.40. The molecule has 0 unspecified atom stereocenters. The van der Waals surface area contributed by atoms with Crippen molar-refractivity contribution >= 4 is 5.69 Å². The summed E-state index contributed by atoms with van der Waals surface area (Å²) in [6.45, 7) is 5.70. The van der Waals surface area contributed by atoms with Gasteiger partial charge < -0.3 is 9.47 Å². The number of hydrogen-bond donors (Lipinski definition) is 0. The quantitative estimate of drug-likeness (QED) is 0.592. The Hall–Kier alpha value is -2.29. The minimum Gasteiger partial charge on any atom is -0.490 e. The van der Waals surface area contributed by atoms with Crippen LogP contribution in [0.25, 0.3) is 0 Å². The molecule has 0 atom stereocenters. The number of nitriles is 1. The first-order valence-corrected chi connectivity index (χ1v) is 5.51. The molecule has 0 aromatic heterocycles. The van der Waals surface area contributed by atoms with E-state index in [9.17, 15) is 10.1 Å². The molecule has 1 aromatic carbocycles. The predicted octanol–water partition coefficient (Wildman–Crippen LogP) is 2.65. The van der Waals surface area contributed by atoms with E-state index in [4.69, 9.17) is 14.7 Å². The van der Waals surface area contributed by atoms with E-state index in [-0.39, 0.29) is 28.9 Å². The lowest BCUT2D eigenvalue weighted by atomic mass is 10.1. The van der Waals surface area contributed by atoms with Gasteiger partial charge in [0.25, 0.3) is 5.69 Å². The van der Waals surface area contributed by atoms with Gasteiger partial charge in [-0.05, 0) is 20.8 Å². The molecule has 0 radical (unpaired) electrons. The highest BCUT2D eigenvalue weighted by atomic mass is 16.6. The van der Waals surface area contributed by atoms with Gasteiger partial charge in [0.05, 0.1) is 23.7 Å². The average Bonchev–Trinajstić information content (AvgIpc) is 2.30. The topological polar surface area (TPSA) is 85.4 Å². The highest BCUT2D eigenvalue weighted by molar-refractivity contribution is 5.59. The van der Waals surface area contributed by atoms with Gasteiger partial charge in [0, 0.05) is 6.07 Å². The highest BCUT2D eigenvalue weighted by Crippen LogP contribution is 2.36. The van der Waals surface area contributed by atoms with Gasteiger partial charge in [0.2, 0.25) is 0 Å². The third kappa shape index (κ3) is 3.10. The summed E-state index contributed by atoms with van der Waals surface area (Å²) < 4.78 is 10.8. The van der Waals surface area contributed by atoms with Crippen molar-refractivity contribution in [2.24, 2.45) is 0 Å². The smallest absolute Gasteiger partial charge is 0.274 e. The largest absolute Gasteiger partial charge is 0.490 e. The maximum atomic E-state index is 10.8. The molecule has 0 aliphatic heterocycles. The molecule has 0 aliphatic rings. The molecule has 0 heterocycles. The van der Waals surface area contributed by atoms with Gasteiger partial charge >= 0.3 is 0 Å². The second-order valence-electron chi connectivity index (χ2n) is 3.79. The fraction of sp³-hybridized carbons (Fsp3) is 0.417. The standard InChI is InChI=1S/C12H14N2O4/c1-4-17-11-6-10(14(15)16)5-9(7-13)12(11)18-8(2)3/h5-6,8H,4H2,1-3H3. The maximum absolute atomic E-state index is 10.8. The molecule has 0 N–H and O–H groups in total. The van der Waals surface area contributed by atoms with E-state index in [1.54, 1.807) is 20.8 Å². The van der Waals surface area contributed by atoms with Gasteiger partial charge in [-0.2, -0.15) is 5.26 Å². The van der Waals surface area contributed by atoms with Crippen LogP contribution < -0.4 is 9.47 Å². The van der Waals surface area contributed by atoms with E-state index >= 15 is 0 Å². The van der Waals surface area contributed by atoms with E-state index in [2.05, 4.69) is 0 Å². The molecular weight excluding hydrogens is 236 g/mol. The molecule has 96 valence electrons. The second-order valence-corrected chi connectivity index (χ2v) is 3.79. The molecule has 0 saturated carbocycles. The van der Waals surface area contributed by atoms with Gasteiger partial charge in [0.1, 0.15) is 11.6 Å². The lowest BCUT2D eigenvalue weighted by Gasteiger charge is -2.15. The molecule has 1 rings (SSSR count). The molecule has 6 nitrogen and oxygen atoms in total. The van der Waals surface area contributed by atoms with Crippen molar-refractivity contribution in [3.05, 3.63) is 27.8 Å². The third-order valence-corrected chi connectivity index (χ3v) is 2.02. The van der Waals surface area contributed by atoms with Crippen molar-refractivity contribution in [3.63, 3.8) is 0 Å². The van der Waals surface area contributed by atoms with Crippen LogP contribution in [-0.2, 0) is 0 Å². The summed E-state index contributed by atoms with van der Waals surface area (Å²) in [6, 6.07) is 4.33. The van der Waals surface area contributed by atoms with Crippen LogP contribution in [0, 0.1) is 21.4 Å². The molecule has 1 aromatic rings. The zero-order valence-electron chi connectivity index (χ0n) is 10.5. The van der Waals surface area contributed by atoms with Gasteiger partial charge in [-0.15, -0.1) is 0 Å². The van der Waals surface area contributed by atoms with Crippen LogP contribution in [0.4, 0.5) is 5.69 Å². The molecule has 0 amide bonds. The molecule has 0 fully saturated rings. The van der Waals surface area contributed by atoms with E-state index in [1.165, 1.54) is 12.1 Å². The van der Waals surface area contributed by atoms with E-state index < -0.39 is 4.92 Å². The van der Waals surface area contributed by atoms with E-state index in [0.717, 1.165) is 0 Å². The van der Waals surface area contributed by atoms with E-state index in [0.29, 0.717) is 6.61 Å². The van der Waals surface area contributed by atoms with Crippen LogP contribution >= 0.6 is 0 Å². The number of nitrogens with zero attached hydrogens (tertiary/aromatic N) is 2. The van der Waals surface area contributed by atoms with Gasteiger partial charge in [-0.1, -0.05) is 0 Å². The number of nitro benzene ring substituents is 1. The summed E-state index contributed by atoms with van der Waals surface area (Å²) >= 11 is 0. The number of rotatable bonds is 5. The van der Waals surface area contributed by atoms with Crippen molar-refractivity contribution in [3.8, 4) is 17.6 Å². The van der Waals surface area contributed by atoms with Crippen molar-refractivity contribution in [1.29, 1.82) is 5.26 Å². The van der Waals surface area contributed by atoms with Crippen LogP contribution in [0.2, 0.25) is 0 Å². The molecule has 0 saturated heterocycles. The Labute approximate surface area is 105 Å². The lowest BCUT2D eigenvalue weighted by Crippen LogP contribution is -2.09. The predicted molar refractivity (Wildman–Crippen MR) is 64.7 cm³/mol. The SMILES string of the molecule is CCOc1cc([N+](=O)[O-])cc(C#N)c1OC(C)C. The summed E-state index contributed by atoms with van der Waals surface area (Å²) in [5.74, 6) is 0.469. The van der Waals surface area contributed by atoms with Crippen LogP contribution in [-0.4, -0.2) is 17.6 Å². The molecule has 6 heteroatoms. The van der Waals surface area contributed by atoms with Gasteiger partial charge in [0.15, 0.2) is 11.5 Å². The van der Waals surface area contributed by atoms with Crippen LogP contribution in [0.5, 0.6) is 11.5 Å². The van der Waals surface area contributed by atoms with Gasteiger partial charge in [-0.3, -0.25) is 10.1 Å². The second kappa shape index (κ2) is 5.87. The lowest BCUT2D eigenvalue weighted by molar-refractivity contribution is -0.385. The molecule has 0 aliphatic carbocycles. The van der Waals surface area contributed by atoms with Crippen molar-refractivity contribution in [2.45, 2.75) is 26.9 Å². The Bertz CT molecular complexity index is 492. The summed E-state index contributed by atoms with van der Waals surface area (Å²) in [6.07, 6.45) is -0.155.